The predicted octanol–water partition coefficient (Wildman–Crippen LogP) is 1.83. The molecule has 0 aliphatic carbocycles. The number of benzene rings is 1. The molecule has 2 aromatic rings. The Morgan fingerprint density at radius 3 is 2.25 bits per heavy atom. The number of sulfonamides is 1. The smallest absolute Gasteiger partial charge is 0.459 e. The Hall–Kier alpha value is -3.06. The van der Waals surface area contributed by atoms with Gasteiger partial charge in [-0.3, -0.25) is 9.59 Å². The predicted molar refractivity (Wildman–Crippen MR) is 104 cm³/mol. The summed E-state index contributed by atoms with van der Waals surface area (Å²) in [4.78, 5) is 25.8. The second kappa shape index (κ2) is 9.20. The van der Waals surface area contributed by atoms with Gasteiger partial charge in [-0.15, -0.1) is 13.2 Å². The molecular formula is C19H20F3N3O6S. The van der Waals surface area contributed by atoms with E-state index in [0.29, 0.717) is 0 Å². The average molecular weight is 475 g/mol. The van der Waals surface area contributed by atoms with Crippen molar-refractivity contribution in [3.05, 3.63) is 48.4 Å². The molecule has 0 unspecified atom stereocenters. The summed E-state index contributed by atoms with van der Waals surface area (Å²) in [5.74, 6) is -1.39. The number of hydrogen-bond donors (Lipinski definition) is 1. The van der Waals surface area contributed by atoms with E-state index in [9.17, 15) is 31.2 Å². The number of amides is 2. The Morgan fingerprint density at radius 1 is 1.09 bits per heavy atom. The topological polar surface area (TPSA) is 109 Å². The van der Waals surface area contributed by atoms with Gasteiger partial charge in [-0.1, -0.05) is 0 Å². The highest BCUT2D eigenvalue weighted by molar-refractivity contribution is 7.89. The summed E-state index contributed by atoms with van der Waals surface area (Å²) in [6.45, 7) is 1.68. The summed E-state index contributed by atoms with van der Waals surface area (Å²) in [6, 6.07) is 6.04. The van der Waals surface area contributed by atoms with Crippen LogP contribution in [0.25, 0.3) is 0 Å². The molecule has 3 rings (SSSR count). The van der Waals surface area contributed by atoms with Crippen molar-refractivity contribution in [1.29, 1.82) is 0 Å². The fraction of sp³-hybridized carbons (Fsp3) is 0.368. The lowest BCUT2D eigenvalue weighted by Crippen LogP contribution is -2.55. The minimum absolute atomic E-state index is 0.00622. The third kappa shape index (κ3) is 5.59. The van der Waals surface area contributed by atoms with E-state index in [1.165, 1.54) is 30.2 Å². The molecule has 9 nitrogen and oxygen atoms in total. The van der Waals surface area contributed by atoms with Crippen LogP contribution in [-0.4, -0.2) is 68.0 Å². The second-order valence-corrected chi connectivity index (χ2v) is 8.86. The maximum atomic E-state index is 12.8. The van der Waals surface area contributed by atoms with Gasteiger partial charge in [-0.2, -0.15) is 4.31 Å². The lowest BCUT2D eigenvalue weighted by molar-refractivity contribution is -0.274. The van der Waals surface area contributed by atoms with Crippen LogP contribution in [0.5, 0.6) is 5.75 Å². The molecule has 174 valence electrons. The van der Waals surface area contributed by atoms with Crippen LogP contribution >= 0.6 is 0 Å². The van der Waals surface area contributed by atoms with Gasteiger partial charge >= 0.3 is 6.36 Å². The van der Waals surface area contributed by atoms with Crippen LogP contribution < -0.4 is 10.1 Å². The molecule has 0 radical (unpaired) electrons. The van der Waals surface area contributed by atoms with Crippen molar-refractivity contribution in [2.24, 2.45) is 0 Å². The molecular weight excluding hydrogens is 455 g/mol. The molecule has 1 aromatic heterocycles. The van der Waals surface area contributed by atoms with Crippen molar-refractivity contribution in [3.8, 4) is 5.75 Å². The Morgan fingerprint density at radius 2 is 1.72 bits per heavy atom. The largest absolute Gasteiger partial charge is 0.573 e. The molecule has 0 bridgehead atoms. The number of alkyl halides is 3. The highest BCUT2D eigenvalue weighted by atomic mass is 32.2. The molecule has 0 saturated carbocycles. The van der Waals surface area contributed by atoms with Crippen LogP contribution in [0.1, 0.15) is 17.5 Å². The van der Waals surface area contributed by atoms with Crippen molar-refractivity contribution in [3.63, 3.8) is 0 Å². The molecule has 1 saturated heterocycles. The third-order valence-corrected chi connectivity index (χ3v) is 6.62. The molecule has 0 spiro atoms. The minimum Gasteiger partial charge on any atom is -0.459 e. The highest BCUT2D eigenvalue weighted by Gasteiger charge is 2.33. The summed E-state index contributed by atoms with van der Waals surface area (Å²) in [7, 11) is -3.96. The standard InChI is InChI=1S/C19H20F3N3O6S/c1-13(23-17(26)16-3-2-12-30-16)18(27)24-8-10-25(11-9-24)32(28,29)15-6-4-14(5-7-15)31-19(20,21)22/h2-7,12-13H,8-11H2,1H3,(H,23,26)/t13-/m0/s1. The van der Waals surface area contributed by atoms with Crippen molar-refractivity contribution in [1.82, 2.24) is 14.5 Å². The number of carbonyl (C=O) groups excluding carboxylic acids is 2. The van der Waals surface area contributed by atoms with E-state index in [-0.39, 0.29) is 42.7 Å². The van der Waals surface area contributed by atoms with E-state index in [2.05, 4.69) is 10.1 Å². The first kappa shape index (κ1) is 23.6. The Labute approximate surface area is 181 Å². The fourth-order valence-corrected chi connectivity index (χ4v) is 4.54. The van der Waals surface area contributed by atoms with Crippen molar-refractivity contribution < 1.29 is 40.3 Å². The van der Waals surface area contributed by atoms with Crippen molar-refractivity contribution in [2.75, 3.05) is 26.2 Å². The van der Waals surface area contributed by atoms with Crippen LogP contribution in [0.4, 0.5) is 13.2 Å². The molecule has 1 aliphatic rings. The maximum absolute atomic E-state index is 12.8. The molecule has 2 heterocycles. The summed E-state index contributed by atoms with van der Waals surface area (Å²) < 4.78 is 72.2. The van der Waals surface area contributed by atoms with Gasteiger partial charge in [-0.05, 0) is 43.3 Å². The van der Waals surface area contributed by atoms with Gasteiger partial charge in [0.2, 0.25) is 15.9 Å². The molecule has 1 aliphatic heterocycles. The van der Waals surface area contributed by atoms with Crippen LogP contribution in [-0.2, 0) is 14.8 Å². The van der Waals surface area contributed by atoms with Crippen LogP contribution in [0.15, 0.2) is 52.0 Å². The number of rotatable bonds is 6. The molecule has 32 heavy (non-hydrogen) atoms. The first-order valence-corrected chi connectivity index (χ1v) is 10.9. The number of nitrogens with zero attached hydrogens (tertiary/aromatic N) is 2. The number of hydrogen-bond acceptors (Lipinski definition) is 6. The van der Waals surface area contributed by atoms with Gasteiger partial charge in [0.15, 0.2) is 5.76 Å². The number of ether oxygens (including phenoxy) is 1. The quantitative estimate of drug-likeness (QED) is 0.683. The maximum Gasteiger partial charge on any atom is 0.573 e. The first-order valence-electron chi connectivity index (χ1n) is 9.46. The molecule has 13 heteroatoms. The minimum atomic E-state index is -4.88. The molecule has 1 N–H and O–H groups in total. The zero-order valence-corrected chi connectivity index (χ0v) is 17.6. The Balaban J connectivity index is 1.57. The fourth-order valence-electron chi connectivity index (χ4n) is 3.12. The number of halogens is 3. The summed E-state index contributed by atoms with van der Waals surface area (Å²) in [5.41, 5.74) is 0. The zero-order chi connectivity index (χ0) is 23.5. The molecule has 1 atom stereocenters. The molecule has 1 fully saturated rings. The number of nitrogens with one attached hydrogen (secondary N) is 1. The number of carbonyl (C=O) groups is 2. The first-order chi connectivity index (χ1) is 15.0. The summed E-state index contributed by atoms with van der Waals surface area (Å²) in [5, 5.41) is 2.52. The van der Waals surface area contributed by atoms with E-state index in [4.69, 9.17) is 4.42 Å². The normalized spacial score (nSPS) is 16.4. The van der Waals surface area contributed by atoms with E-state index < -0.39 is 34.1 Å². The van der Waals surface area contributed by atoms with Gasteiger partial charge in [0.1, 0.15) is 11.8 Å². The van der Waals surface area contributed by atoms with Crippen molar-refractivity contribution in [2.45, 2.75) is 24.2 Å². The van der Waals surface area contributed by atoms with Gasteiger partial charge < -0.3 is 19.4 Å². The van der Waals surface area contributed by atoms with E-state index in [1.807, 2.05) is 0 Å². The SMILES string of the molecule is C[C@H](NC(=O)c1ccco1)C(=O)N1CCN(S(=O)(=O)c2ccc(OC(F)(F)F)cc2)CC1. The van der Waals surface area contributed by atoms with E-state index >= 15 is 0 Å². The van der Waals surface area contributed by atoms with Crippen LogP contribution in [0, 0.1) is 0 Å². The lowest BCUT2D eigenvalue weighted by atomic mass is 10.2. The van der Waals surface area contributed by atoms with Crippen LogP contribution in [0.3, 0.4) is 0 Å². The average Bonchev–Trinajstić information content (AvgIpc) is 3.27. The highest BCUT2D eigenvalue weighted by Crippen LogP contribution is 2.25. The number of piperazine rings is 1. The Bertz CT molecular complexity index is 1050. The van der Waals surface area contributed by atoms with E-state index in [1.54, 1.807) is 0 Å². The third-order valence-electron chi connectivity index (χ3n) is 4.71. The second-order valence-electron chi connectivity index (χ2n) is 6.92. The number of furan rings is 1. The lowest BCUT2D eigenvalue weighted by Gasteiger charge is -2.35. The van der Waals surface area contributed by atoms with Gasteiger partial charge in [0, 0.05) is 26.2 Å². The van der Waals surface area contributed by atoms with Gasteiger partial charge in [0.05, 0.1) is 11.2 Å². The van der Waals surface area contributed by atoms with E-state index in [0.717, 1.165) is 28.6 Å². The molecule has 2 amide bonds. The summed E-state index contributed by atoms with van der Waals surface area (Å²) in [6.07, 6.45) is -3.55. The van der Waals surface area contributed by atoms with Gasteiger partial charge in [-0.25, -0.2) is 8.42 Å². The monoisotopic (exact) mass is 475 g/mol. The zero-order valence-electron chi connectivity index (χ0n) is 16.8. The Kier molecular flexibility index (Phi) is 6.79. The van der Waals surface area contributed by atoms with Gasteiger partial charge in [0.25, 0.3) is 5.91 Å². The van der Waals surface area contributed by atoms with Crippen molar-refractivity contribution >= 4 is 21.8 Å². The van der Waals surface area contributed by atoms with Crippen LogP contribution in [0.2, 0.25) is 0 Å². The molecule has 1 aromatic carbocycles. The summed E-state index contributed by atoms with van der Waals surface area (Å²) >= 11 is 0.